The predicted molar refractivity (Wildman–Crippen MR) is 129 cm³/mol. The van der Waals surface area contributed by atoms with Crippen LogP contribution in [0.25, 0.3) is 28.1 Å². The molecule has 2 aromatic carbocycles. The lowest BCUT2D eigenvalue weighted by molar-refractivity contribution is 0.311. The SMILES string of the molecule is CCOc1ccc(-c2noc(Cn3cnc4c(cnn4-c4ccc(CC)cc4)c3=O)n2)cc1OC. The maximum absolute atomic E-state index is 13.1. The van der Waals surface area contributed by atoms with E-state index in [4.69, 9.17) is 14.0 Å². The first-order valence-corrected chi connectivity index (χ1v) is 11.3. The molecule has 5 rings (SSSR count). The largest absolute Gasteiger partial charge is 0.493 e. The van der Waals surface area contributed by atoms with Gasteiger partial charge in [0.05, 0.1) is 25.6 Å². The molecule has 10 heteroatoms. The van der Waals surface area contributed by atoms with Crippen LogP contribution in [0.4, 0.5) is 0 Å². The highest BCUT2D eigenvalue weighted by Gasteiger charge is 2.16. The van der Waals surface area contributed by atoms with Gasteiger partial charge >= 0.3 is 0 Å². The second-order valence-corrected chi connectivity index (χ2v) is 7.80. The summed E-state index contributed by atoms with van der Waals surface area (Å²) >= 11 is 0. The minimum absolute atomic E-state index is 0.0827. The van der Waals surface area contributed by atoms with Crippen molar-refractivity contribution in [3.63, 3.8) is 0 Å². The van der Waals surface area contributed by atoms with E-state index in [-0.39, 0.29) is 18.0 Å². The zero-order valence-electron chi connectivity index (χ0n) is 19.6. The summed E-state index contributed by atoms with van der Waals surface area (Å²) < 4.78 is 19.4. The number of methoxy groups -OCH3 is 1. The number of aromatic nitrogens is 6. The number of hydrogen-bond donors (Lipinski definition) is 0. The summed E-state index contributed by atoms with van der Waals surface area (Å²) in [5.41, 5.74) is 3.02. The first-order valence-electron chi connectivity index (χ1n) is 11.3. The van der Waals surface area contributed by atoms with Gasteiger partial charge in [0.1, 0.15) is 18.3 Å². The molecule has 0 aliphatic rings. The fraction of sp³-hybridized carbons (Fsp3) is 0.240. The van der Waals surface area contributed by atoms with Crippen molar-refractivity contribution in [3.05, 3.63) is 76.8 Å². The van der Waals surface area contributed by atoms with E-state index in [0.717, 1.165) is 12.1 Å². The smallest absolute Gasteiger partial charge is 0.264 e. The summed E-state index contributed by atoms with van der Waals surface area (Å²) in [6, 6.07) is 13.4. The van der Waals surface area contributed by atoms with Crippen molar-refractivity contribution in [1.82, 2.24) is 29.5 Å². The van der Waals surface area contributed by atoms with Gasteiger partial charge in [-0.1, -0.05) is 24.2 Å². The highest BCUT2D eigenvalue weighted by atomic mass is 16.5. The quantitative estimate of drug-likeness (QED) is 0.337. The average Bonchev–Trinajstić information content (AvgIpc) is 3.54. The molecular formula is C25H24N6O4. The molecule has 178 valence electrons. The number of ether oxygens (including phenoxy) is 2. The van der Waals surface area contributed by atoms with Crippen LogP contribution in [-0.2, 0) is 13.0 Å². The van der Waals surface area contributed by atoms with Gasteiger partial charge < -0.3 is 14.0 Å². The molecule has 3 heterocycles. The van der Waals surface area contributed by atoms with Gasteiger partial charge in [-0.05, 0) is 49.2 Å². The minimum atomic E-state index is -0.242. The third-order valence-corrected chi connectivity index (χ3v) is 5.64. The molecular weight excluding hydrogens is 448 g/mol. The molecule has 0 radical (unpaired) electrons. The lowest BCUT2D eigenvalue weighted by Gasteiger charge is -2.09. The molecule has 0 unspecified atom stereocenters. The zero-order chi connectivity index (χ0) is 24.4. The Morgan fingerprint density at radius 1 is 1.06 bits per heavy atom. The van der Waals surface area contributed by atoms with Crippen LogP contribution in [0.2, 0.25) is 0 Å². The number of rotatable bonds is 8. The Hall–Kier alpha value is -4.47. The summed E-state index contributed by atoms with van der Waals surface area (Å²) in [5, 5.41) is 8.83. The van der Waals surface area contributed by atoms with Crippen LogP contribution in [0, 0.1) is 0 Å². The molecule has 35 heavy (non-hydrogen) atoms. The molecule has 0 amide bonds. The molecule has 0 fully saturated rings. The van der Waals surface area contributed by atoms with Gasteiger partial charge in [0.25, 0.3) is 5.56 Å². The van der Waals surface area contributed by atoms with Gasteiger partial charge in [-0.15, -0.1) is 0 Å². The Kier molecular flexibility index (Phi) is 6.01. The molecule has 0 saturated heterocycles. The Morgan fingerprint density at radius 3 is 2.63 bits per heavy atom. The van der Waals surface area contributed by atoms with E-state index in [9.17, 15) is 4.79 Å². The fourth-order valence-corrected chi connectivity index (χ4v) is 3.79. The molecule has 0 N–H and O–H groups in total. The van der Waals surface area contributed by atoms with Crippen LogP contribution in [0.15, 0.2) is 64.3 Å². The van der Waals surface area contributed by atoms with E-state index in [2.05, 4.69) is 27.1 Å². The maximum atomic E-state index is 13.1. The van der Waals surface area contributed by atoms with Crippen LogP contribution in [-0.4, -0.2) is 43.2 Å². The molecule has 10 nitrogen and oxygen atoms in total. The standard InChI is InChI=1S/C25H24N6O4/c1-4-16-6-9-18(10-7-16)31-24-19(13-27-31)25(32)30(15-26-24)14-22-28-23(29-35-22)17-8-11-20(34-5-2)21(12-17)33-3/h6-13,15H,4-5,14H2,1-3H3. The fourth-order valence-electron chi connectivity index (χ4n) is 3.79. The van der Waals surface area contributed by atoms with Crippen molar-refractivity contribution in [2.45, 2.75) is 26.8 Å². The molecule has 0 bridgehead atoms. The van der Waals surface area contributed by atoms with E-state index in [1.54, 1.807) is 23.9 Å². The molecule has 0 aliphatic carbocycles. The monoisotopic (exact) mass is 472 g/mol. The third kappa shape index (κ3) is 4.25. The van der Waals surface area contributed by atoms with E-state index in [1.165, 1.54) is 22.7 Å². The summed E-state index contributed by atoms with van der Waals surface area (Å²) in [7, 11) is 1.57. The number of nitrogens with zero attached hydrogens (tertiary/aromatic N) is 6. The van der Waals surface area contributed by atoms with Crippen LogP contribution in [0.5, 0.6) is 11.5 Å². The second-order valence-electron chi connectivity index (χ2n) is 7.80. The van der Waals surface area contributed by atoms with Gasteiger partial charge in [0, 0.05) is 5.56 Å². The molecule has 3 aromatic heterocycles. The van der Waals surface area contributed by atoms with E-state index >= 15 is 0 Å². The summed E-state index contributed by atoms with van der Waals surface area (Å²) in [6.07, 6.45) is 3.94. The van der Waals surface area contributed by atoms with Crippen molar-refractivity contribution >= 4 is 11.0 Å². The lowest BCUT2D eigenvalue weighted by atomic mass is 10.1. The number of benzene rings is 2. The van der Waals surface area contributed by atoms with Crippen molar-refractivity contribution in [2.75, 3.05) is 13.7 Å². The van der Waals surface area contributed by atoms with Gasteiger partial charge in [-0.3, -0.25) is 9.36 Å². The molecule has 0 aliphatic heterocycles. The molecule has 0 atom stereocenters. The molecule has 0 spiro atoms. The Bertz CT molecular complexity index is 1530. The maximum Gasteiger partial charge on any atom is 0.264 e. The van der Waals surface area contributed by atoms with Crippen LogP contribution in [0.1, 0.15) is 25.3 Å². The minimum Gasteiger partial charge on any atom is -0.493 e. The van der Waals surface area contributed by atoms with E-state index < -0.39 is 0 Å². The van der Waals surface area contributed by atoms with Crippen LogP contribution >= 0.6 is 0 Å². The van der Waals surface area contributed by atoms with Crippen LogP contribution < -0.4 is 15.0 Å². The number of fused-ring (bicyclic) bond motifs is 1. The summed E-state index contributed by atoms with van der Waals surface area (Å²) in [5.74, 6) is 1.86. The van der Waals surface area contributed by atoms with Crippen LogP contribution in [0.3, 0.4) is 0 Å². The van der Waals surface area contributed by atoms with Crippen molar-refractivity contribution in [2.24, 2.45) is 0 Å². The Labute approximate surface area is 200 Å². The number of hydrogen-bond acceptors (Lipinski definition) is 8. The summed E-state index contributed by atoms with van der Waals surface area (Å²) in [4.78, 5) is 22.0. The Morgan fingerprint density at radius 2 is 1.89 bits per heavy atom. The third-order valence-electron chi connectivity index (χ3n) is 5.64. The van der Waals surface area contributed by atoms with Crippen molar-refractivity contribution in [3.8, 4) is 28.6 Å². The highest BCUT2D eigenvalue weighted by Crippen LogP contribution is 2.31. The second kappa shape index (κ2) is 9.41. The zero-order valence-corrected chi connectivity index (χ0v) is 19.6. The average molecular weight is 473 g/mol. The van der Waals surface area contributed by atoms with E-state index in [0.29, 0.717) is 40.5 Å². The first kappa shape index (κ1) is 22.3. The van der Waals surface area contributed by atoms with Crippen molar-refractivity contribution in [1.29, 1.82) is 0 Å². The Balaban J connectivity index is 1.41. The van der Waals surface area contributed by atoms with Gasteiger partial charge in [0.15, 0.2) is 17.1 Å². The van der Waals surface area contributed by atoms with Gasteiger partial charge in [-0.25, -0.2) is 9.67 Å². The van der Waals surface area contributed by atoms with Gasteiger partial charge in [0.2, 0.25) is 11.7 Å². The summed E-state index contributed by atoms with van der Waals surface area (Å²) in [6.45, 7) is 4.61. The normalized spacial score (nSPS) is 11.2. The topological polar surface area (TPSA) is 110 Å². The van der Waals surface area contributed by atoms with Gasteiger partial charge in [-0.2, -0.15) is 10.1 Å². The number of aryl methyl sites for hydroxylation is 1. The highest BCUT2D eigenvalue weighted by molar-refractivity contribution is 5.75. The first-order chi connectivity index (χ1) is 17.1. The lowest BCUT2D eigenvalue weighted by Crippen LogP contribution is -2.21. The van der Waals surface area contributed by atoms with E-state index in [1.807, 2.05) is 37.3 Å². The molecule has 0 saturated carbocycles. The molecule has 5 aromatic rings. The predicted octanol–water partition coefficient (Wildman–Crippen LogP) is 3.65. The van der Waals surface area contributed by atoms with Crippen molar-refractivity contribution < 1.29 is 14.0 Å².